The summed E-state index contributed by atoms with van der Waals surface area (Å²) in [7, 11) is 0. The van der Waals surface area contributed by atoms with Crippen molar-refractivity contribution in [2.45, 2.75) is 51.5 Å². The Morgan fingerprint density at radius 1 is 1.29 bits per heavy atom. The lowest BCUT2D eigenvalue weighted by molar-refractivity contribution is -0.122. The zero-order valence-electron chi connectivity index (χ0n) is 12.8. The number of carbonyl (C=O) groups is 1. The minimum atomic E-state index is -0.451. The summed E-state index contributed by atoms with van der Waals surface area (Å²) in [6, 6.07) is 9.50. The summed E-state index contributed by atoms with van der Waals surface area (Å²) >= 11 is 0. The monoisotopic (exact) mass is 310 g/mol. The molecule has 0 saturated heterocycles. The van der Waals surface area contributed by atoms with Gasteiger partial charge in [-0.15, -0.1) is 12.4 Å². The molecule has 3 nitrogen and oxygen atoms in total. The molecular weight excluding hydrogens is 284 g/mol. The molecule has 1 atom stereocenters. The largest absolute Gasteiger partial charge is 0.354 e. The van der Waals surface area contributed by atoms with E-state index in [1.807, 2.05) is 30.3 Å². The van der Waals surface area contributed by atoms with Crippen LogP contribution in [0.2, 0.25) is 0 Å². The van der Waals surface area contributed by atoms with Crippen molar-refractivity contribution >= 4 is 18.3 Å². The van der Waals surface area contributed by atoms with Gasteiger partial charge < -0.3 is 11.1 Å². The number of nitrogens with two attached hydrogens (primary N) is 1. The molecule has 0 aliphatic heterocycles. The minimum Gasteiger partial charge on any atom is -0.354 e. The standard InChI is InChI=1S/C17H26N2O.ClH/c1-2-17(10-6-7-11-17)13-19-16(20)15(18)12-14-8-4-3-5-9-14;/h3-5,8-9,15H,2,6-7,10-13,18H2,1H3,(H,19,20);1H. The molecule has 1 unspecified atom stereocenters. The van der Waals surface area contributed by atoms with Crippen molar-refractivity contribution in [1.82, 2.24) is 5.32 Å². The van der Waals surface area contributed by atoms with Gasteiger partial charge in [-0.2, -0.15) is 0 Å². The molecule has 1 aliphatic carbocycles. The molecule has 21 heavy (non-hydrogen) atoms. The number of benzene rings is 1. The number of hydrogen-bond donors (Lipinski definition) is 2. The lowest BCUT2D eigenvalue weighted by atomic mass is 9.83. The van der Waals surface area contributed by atoms with Crippen LogP contribution in [0.4, 0.5) is 0 Å². The van der Waals surface area contributed by atoms with Crippen LogP contribution in [-0.2, 0) is 11.2 Å². The van der Waals surface area contributed by atoms with Crippen LogP contribution in [0.1, 0.15) is 44.6 Å². The summed E-state index contributed by atoms with van der Waals surface area (Å²) in [6.07, 6.45) is 6.79. The Labute approximate surface area is 134 Å². The third-order valence-electron chi connectivity index (χ3n) is 4.69. The highest BCUT2D eigenvalue weighted by Gasteiger charge is 2.32. The van der Waals surface area contributed by atoms with E-state index in [0.717, 1.165) is 18.5 Å². The Kier molecular flexibility index (Phi) is 7.20. The first-order chi connectivity index (χ1) is 9.65. The van der Waals surface area contributed by atoms with Gasteiger partial charge in [0.25, 0.3) is 0 Å². The van der Waals surface area contributed by atoms with Gasteiger partial charge in [-0.1, -0.05) is 50.1 Å². The van der Waals surface area contributed by atoms with Gasteiger partial charge in [0.2, 0.25) is 5.91 Å². The molecule has 3 N–H and O–H groups in total. The molecule has 2 rings (SSSR count). The minimum absolute atomic E-state index is 0. The van der Waals surface area contributed by atoms with E-state index in [2.05, 4.69) is 12.2 Å². The Morgan fingerprint density at radius 3 is 2.48 bits per heavy atom. The summed E-state index contributed by atoms with van der Waals surface area (Å²) in [5.74, 6) is -0.0198. The van der Waals surface area contributed by atoms with Crippen molar-refractivity contribution in [1.29, 1.82) is 0 Å². The average Bonchev–Trinajstić information content (AvgIpc) is 2.95. The van der Waals surface area contributed by atoms with Crippen molar-refractivity contribution in [2.24, 2.45) is 11.1 Å². The van der Waals surface area contributed by atoms with Crippen molar-refractivity contribution in [3.63, 3.8) is 0 Å². The number of nitrogens with one attached hydrogen (secondary N) is 1. The molecule has 0 heterocycles. The van der Waals surface area contributed by atoms with Gasteiger partial charge in [0.05, 0.1) is 6.04 Å². The predicted molar refractivity (Wildman–Crippen MR) is 89.6 cm³/mol. The van der Waals surface area contributed by atoms with E-state index in [-0.39, 0.29) is 18.3 Å². The number of amides is 1. The fraction of sp³-hybridized carbons (Fsp3) is 0.588. The van der Waals surface area contributed by atoms with Crippen molar-refractivity contribution in [3.8, 4) is 0 Å². The maximum Gasteiger partial charge on any atom is 0.237 e. The third-order valence-corrected chi connectivity index (χ3v) is 4.69. The van der Waals surface area contributed by atoms with Crippen LogP contribution in [0.15, 0.2) is 30.3 Å². The first-order valence-corrected chi connectivity index (χ1v) is 7.72. The smallest absolute Gasteiger partial charge is 0.237 e. The first kappa shape index (κ1) is 18.0. The van der Waals surface area contributed by atoms with E-state index in [4.69, 9.17) is 5.73 Å². The third kappa shape index (κ3) is 5.01. The van der Waals surface area contributed by atoms with Gasteiger partial charge in [-0.05, 0) is 36.7 Å². The molecule has 0 radical (unpaired) electrons. The van der Waals surface area contributed by atoms with Crippen LogP contribution >= 0.6 is 12.4 Å². The highest BCUT2D eigenvalue weighted by Crippen LogP contribution is 2.40. The summed E-state index contributed by atoms with van der Waals surface area (Å²) < 4.78 is 0. The van der Waals surface area contributed by atoms with Crippen molar-refractivity contribution in [3.05, 3.63) is 35.9 Å². The average molecular weight is 311 g/mol. The highest BCUT2D eigenvalue weighted by molar-refractivity contribution is 5.85. The van der Waals surface area contributed by atoms with E-state index in [9.17, 15) is 4.79 Å². The van der Waals surface area contributed by atoms with Crippen LogP contribution in [-0.4, -0.2) is 18.5 Å². The van der Waals surface area contributed by atoms with E-state index < -0.39 is 6.04 Å². The Bertz CT molecular complexity index is 430. The predicted octanol–water partition coefficient (Wildman–Crippen LogP) is 3.06. The first-order valence-electron chi connectivity index (χ1n) is 7.72. The van der Waals surface area contributed by atoms with Crippen LogP contribution in [0, 0.1) is 5.41 Å². The Balaban J connectivity index is 0.00000220. The van der Waals surface area contributed by atoms with Gasteiger partial charge >= 0.3 is 0 Å². The molecule has 1 fully saturated rings. The molecule has 118 valence electrons. The molecular formula is C17H27ClN2O. The molecule has 1 amide bonds. The molecule has 1 aromatic carbocycles. The van der Waals surface area contributed by atoms with Gasteiger partial charge in [0.1, 0.15) is 0 Å². The van der Waals surface area contributed by atoms with Crippen LogP contribution in [0.5, 0.6) is 0 Å². The van der Waals surface area contributed by atoms with E-state index in [1.165, 1.54) is 25.7 Å². The summed E-state index contributed by atoms with van der Waals surface area (Å²) in [5, 5.41) is 3.07. The lowest BCUT2D eigenvalue weighted by Crippen LogP contribution is -2.45. The van der Waals surface area contributed by atoms with Gasteiger partial charge in [0.15, 0.2) is 0 Å². The fourth-order valence-corrected chi connectivity index (χ4v) is 3.15. The summed E-state index contributed by atoms with van der Waals surface area (Å²) in [5.41, 5.74) is 7.44. The van der Waals surface area contributed by atoms with E-state index in [1.54, 1.807) is 0 Å². The molecule has 1 aliphatic rings. The van der Waals surface area contributed by atoms with Crippen LogP contribution in [0.3, 0.4) is 0 Å². The maximum atomic E-state index is 12.1. The van der Waals surface area contributed by atoms with Gasteiger partial charge in [-0.25, -0.2) is 0 Å². The molecule has 0 bridgehead atoms. The SMILES string of the molecule is CCC1(CNC(=O)C(N)Cc2ccccc2)CCCC1.Cl. The number of rotatable bonds is 6. The molecule has 0 aromatic heterocycles. The number of hydrogen-bond acceptors (Lipinski definition) is 2. The Hall–Kier alpha value is -1.06. The van der Waals surface area contributed by atoms with E-state index in [0.29, 0.717) is 11.8 Å². The molecule has 0 spiro atoms. The second-order valence-corrected chi connectivity index (χ2v) is 6.07. The summed E-state index contributed by atoms with van der Waals surface area (Å²) in [4.78, 5) is 12.1. The molecule has 1 aromatic rings. The van der Waals surface area contributed by atoms with Crippen LogP contribution in [0.25, 0.3) is 0 Å². The van der Waals surface area contributed by atoms with Crippen molar-refractivity contribution in [2.75, 3.05) is 6.54 Å². The summed E-state index contributed by atoms with van der Waals surface area (Å²) in [6.45, 7) is 3.01. The Morgan fingerprint density at radius 2 is 1.90 bits per heavy atom. The van der Waals surface area contributed by atoms with Crippen LogP contribution < -0.4 is 11.1 Å². The second-order valence-electron chi connectivity index (χ2n) is 6.07. The zero-order valence-corrected chi connectivity index (χ0v) is 13.6. The lowest BCUT2D eigenvalue weighted by Gasteiger charge is -2.28. The topological polar surface area (TPSA) is 55.1 Å². The quantitative estimate of drug-likeness (QED) is 0.848. The van der Waals surface area contributed by atoms with Gasteiger partial charge in [0, 0.05) is 6.54 Å². The number of halogens is 1. The van der Waals surface area contributed by atoms with E-state index >= 15 is 0 Å². The molecule has 1 saturated carbocycles. The fourth-order valence-electron chi connectivity index (χ4n) is 3.15. The molecule has 4 heteroatoms. The van der Waals surface area contributed by atoms with Gasteiger partial charge in [-0.3, -0.25) is 4.79 Å². The second kappa shape index (κ2) is 8.40. The zero-order chi connectivity index (χ0) is 14.4. The highest BCUT2D eigenvalue weighted by atomic mass is 35.5. The normalized spacial score (nSPS) is 17.8. The maximum absolute atomic E-state index is 12.1. The number of carbonyl (C=O) groups excluding carboxylic acids is 1. The van der Waals surface area contributed by atoms with Crippen molar-refractivity contribution < 1.29 is 4.79 Å².